The topological polar surface area (TPSA) is 158 Å². The third kappa shape index (κ3) is 7.05. The van der Waals surface area contributed by atoms with Gasteiger partial charge in [0.2, 0.25) is 0 Å². The van der Waals surface area contributed by atoms with Crippen LogP contribution in [-0.4, -0.2) is 87.6 Å². The molecule has 2 atom stereocenters. The molecule has 0 aliphatic carbocycles. The first kappa shape index (κ1) is 20.9. The first-order valence-electron chi connectivity index (χ1n) is 9.14. The highest BCUT2D eigenvalue weighted by Gasteiger charge is 2.37. The fourth-order valence-electron chi connectivity index (χ4n) is 3.24. The smallest absolute Gasteiger partial charge is 0.283 e. The first-order valence-corrected chi connectivity index (χ1v) is 9.14. The number of nitrogens with zero attached hydrogens (tertiary/aromatic N) is 2. The zero-order chi connectivity index (χ0) is 18.8. The van der Waals surface area contributed by atoms with E-state index in [-0.39, 0.29) is 12.5 Å². The summed E-state index contributed by atoms with van der Waals surface area (Å²) in [5.41, 5.74) is 0. The molecule has 0 spiro atoms. The van der Waals surface area contributed by atoms with Crippen molar-refractivity contribution in [2.75, 3.05) is 65.4 Å². The molecule has 0 amide bonds. The van der Waals surface area contributed by atoms with Gasteiger partial charge < -0.3 is 26.6 Å². The van der Waals surface area contributed by atoms with E-state index in [0.29, 0.717) is 32.7 Å². The number of rotatable bonds is 2. The summed E-state index contributed by atoms with van der Waals surface area (Å²) in [6, 6.07) is 0. The van der Waals surface area contributed by atoms with Crippen LogP contribution in [0.3, 0.4) is 0 Å². The molecule has 3 aliphatic heterocycles. The van der Waals surface area contributed by atoms with Gasteiger partial charge in [-0.05, 0) is 5.92 Å². The van der Waals surface area contributed by atoms with E-state index < -0.39 is 28.1 Å². The van der Waals surface area contributed by atoms with Crippen LogP contribution >= 0.6 is 0 Å². The molecule has 0 saturated carbocycles. The standard InChI is InChI=1S/C14H30N8O4/c23-21(24)13-10-19-7-11-5-15-1-3-17-8-12(14(20-13)22(25)26)9-18-4-2-16-6-11/h11-20H,1-10H2. The Morgan fingerprint density at radius 1 is 0.654 bits per heavy atom. The van der Waals surface area contributed by atoms with Crippen molar-refractivity contribution in [3.05, 3.63) is 20.2 Å². The van der Waals surface area contributed by atoms with Crippen molar-refractivity contribution in [2.45, 2.75) is 12.3 Å². The Morgan fingerprint density at radius 2 is 1.15 bits per heavy atom. The van der Waals surface area contributed by atoms with E-state index in [1.54, 1.807) is 0 Å². The maximum atomic E-state index is 11.6. The third-order valence-corrected chi connectivity index (χ3v) is 4.70. The number of nitrogens with one attached hydrogen (secondary N) is 6. The molecule has 26 heavy (non-hydrogen) atoms. The summed E-state index contributed by atoms with van der Waals surface area (Å²) in [4.78, 5) is 22.0. The minimum Gasteiger partial charge on any atom is -0.315 e. The van der Waals surface area contributed by atoms with Crippen molar-refractivity contribution in [2.24, 2.45) is 11.8 Å². The van der Waals surface area contributed by atoms with E-state index in [0.717, 1.165) is 26.2 Å². The van der Waals surface area contributed by atoms with Gasteiger partial charge in [-0.1, -0.05) is 0 Å². The van der Waals surface area contributed by atoms with Crippen LogP contribution in [0.4, 0.5) is 0 Å². The first-order chi connectivity index (χ1) is 12.6. The van der Waals surface area contributed by atoms with Crippen molar-refractivity contribution < 1.29 is 9.85 Å². The predicted octanol–water partition coefficient (Wildman–Crippen LogP) is -3.01. The summed E-state index contributed by atoms with van der Waals surface area (Å²) in [6.45, 7) is 5.96. The molecule has 6 N–H and O–H groups in total. The minimum atomic E-state index is -1.21. The van der Waals surface area contributed by atoms with Crippen molar-refractivity contribution in [3.8, 4) is 0 Å². The Balaban J connectivity index is 2.20. The average Bonchev–Trinajstić information content (AvgIpc) is 2.60. The van der Waals surface area contributed by atoms with Gasteiger partial charge in [0.1, 0.15) is 0 Å². The lowest BCUT2D eigenvalue weighted by Crippen LogP contribution is -2.58. The summed E-state index contributed by atoms with van der Waals surface area (Å²) in [5, 5.41) is 41.9. The molecule has 0 aromatic carbocycles. The third-order valence-electron chi connectivity index (χ3n) is 4.70. The predicted molar refractivity (Wildman–Crippen MR) is 96.0 cm³/mol. The molecule has 0 aromatic rings. The Labute approximate surface area is 152 Å². The Hall–Kier alpha value is -1.44. The van der Waals surface area contributed by atoms with Gasteiger partial charge >= 0.3 is 0 Å². The zero-order valence-electron chi connectivity index (χ0n) is 14.9. The lowest BCUT2D eigenvalue weighted by Gasteiger charge is -2.26. The van der Waals surface area contributed by atoms with Crippen LogP contribution in [0.25, 0.3) is 0 Å². The van der Waals surface area contributed by atoms with Gasteiger partial charge in [-0.3, -0.25) is 20.2 Å². The molecular weight excluding hydrogens is 344 g/mol. The van der Waals surface area contributed by atoms with Crippen molar-refractivity contribution >= 4 is 0 Å². The molecule has 3 rings (SSSR count). The summed E-state index contributed by atoms with van der Waals surface area (Å²) < 4.78 is 0. The number of hydrogen-bond donors (Lipinski definition) is 6. The molecule has 12 nitrogen and oxygen atoms in total. The molecule has 0 radical (unpaired) electrons. The van der Waals surface area contributed by atoms with Crippen LogP contribution < -0.4 is 31.9 Å². The van der Waals surface area contributed by atoms with Gasteiger partial charge in [-0.2, -0.15) is 5.32 Å². The van der Waals surface area contributed by atoms with E-state index in [4.69, 9.17) is 0 Å². The second-order valence-electron chi connectivity index (χ2n) is 6.80. The molecule has 12 heteroatoms. The van der Waals surface area contributed by atoms with E-state index >= 15 is 0 Å². The second kappa shape index (κ2) is 11.3. The normalized spacial score (nSPS) is 33.1. The quantitative estimate of drug-likeness (QED) is 0.217. The van der Waals surface area contributed by atoms with Crippen LogP contribution in [0.5, 0.6) is 0 Å². The lowest BCUT2D eigenvalue weighted by molar-refractivity contribution is -0.576. The van der Waals surface area contributed by atoms with Gasteiger partial charge in [0, 0.05) is 68.7 Å². The molecule has 2 unspecified atom stereocenters. The highest BCUT2D eigenvalue weighted by Crippen LogP contribution is 2.06. The Kier molecular flexibility index (Phi) is 9.08. The fourth-order valence-corrected chi connectivity index (χ4v) is 3.24. The molecule has 3 aliphatic rings. The summed E-state index contributed by atoms with van der Waals surface area (Å²) in [7, 11) is 0. The fraction of sp³-hybridized carbons (Fsp3) is 1.00. The summed E-state index contributed by atoms with van der Waals surface area (Å²) in [5.74, 6) is -0.140. The van der Waals surface area contributed by atoms with E-state index in [9.17, 15) is 20.2 Å². The molecule has 3 saturated heterocycles. The van der Waals surface area contributed by atoms with Gasteiger partial charge in [0.15, 0.2) is 0 Å². The van der Waals surface area contributed by atoms with Crippen LogP contribution in [0.2, 0.25) is 0 Å². The van der Waals surface area contributed by atoms with E-state index in [1.165, 1.54) is 0 Å². The minimum absolute atomic E-state index is 0.0431. The zero-order valence-corrected chi connectivity index (χ0v) is 14.9. The average molecular weight is 374 g/mol. The molecule has 2 bridgehead atoms. The number of hydrogen-bond acceptors (Lipinski definition) is 10. The largest absolute Gasteiger partial charge is 0.315 e. The summed E-state index contributed by atoms with van der Waals surface area (Å²) >= 11 is 0. The lowest BCUT2D eigenvalue weighted by atomic mass is 10.1. The SMILES string of the molecule is O=[N+]([O-])C1CNCC2CNCCNCC(CNCCNC2)C([N+](=O)[O-])N1. The van der Waals surface area contributed by atoms with Gasteiger partial charge in [-0.25, -0.2) is 0 Å². The van der Waals surface area contributed by atoms with Crippen LogP contribution in [0.15, 0.2) is 0 Å². The van der Waals surface area contributed by atoms with Crippen LogP contribution in [0, 0.1) is 32.1 Å². The van der Waals surface area contributed by atoms with Crippen LogP contribution in [-0.2, 0) is 0 Å². The number of fused-ring (bicyclic) bond motifs is 15. The van der Waals surface area contributed by atoms with Gasteiger partial charge in [-0.15, -0.1) is 0 Å². The molecule has 3 fully saturated rings. The number of nitro groups is 2. The monoisotopic (exact) mass is 374 g/mol. The van der Waals surface area contributed by atoms with Crippen molar-refractivity contribution in [1.29, 1.82) is 0 Å². The summed E-state index contributed by atoms with van der Waals surface area (Å²) in [6.07, 6.45) is -2.41. The van der Waals surface area contributed by atoms with Gasteiger partial charge in [0.25, 0.3) is 12.3 Å². The molecular formula is C14H30N8O4. The van der Waals surface area contributed by atoms with E-state index in [1.807, 2.05) is 0 Å². The molecule has 150 valence electrons. The van der Waals surface area contributed by atoms with Crippen LogP contribution in [0.1, 0.15) is 0 Å². The molecule has 3 heterocycles. The molecule has 0 aromatic heterocycles. The van der Waals surface area contributed by atoms with Gasteiger partial charge in [0.05, 0.1) is 12.5 Å². The highest BCUT2D eigenvalue weighted by atomic mass is 16.6. The maximum Gasteiger partial charge on any atom is 0.283 e. The Bertz CT molecular complexity index is 439. The van der Waals surface area contributed by atoms with Crippen molar-refractivity contribution in [3.63, 3.8) is 0 Å². The second-order valence-corrected chi connectivity index (χ2v) is 6.80. The van der Waals surface area contributed by atoms with E-state index in [2.05, 4.69) is 31.9 Å². The Morgan fingerprint density at radius 3 is 1.65 bits per heavy atom. The maximum absolute atomic E-state index is 11.6. The highest BCUT2D eigenvalue weighted by molar-refractivity contribution is 4.78. The van der Waals surface area contributed by atoms with Crippen molar-refractivity contribution in [1.82, 2.24) is 31.9 Å².